The van der Waals surface area contributed by atoms with E-state index >= 15 is 0 Å². The molecule has 0 fully saturated rings. The lowest BCUT2D eigenvalue weighted by Gasteiger charge is -2.34. The molecule has 0 atom stereocenters. The molecule has 0 unspecified atom stereocenters. The minimum Gasteiger partial charge on any atom is -0.310 e. The Hall–Kier alpha value is -7.22. The fourth-order valence-electron chi connectivity index (χ4n) is 8.50. The van der Waals surface area contributed by atoms with Gasteiger partial charge in [-0.15, -0.1) is 0 Å². The Bertz CT molecular complexity index is 2920. The van der Waals surface area contributed by atoms with Gasteiger partial charge in [-0.3, -0.25) is 0 Å². The summed E-state index contributed by atoms with van der Waals surface area (Å²) in [4.78, 5) is 1.95. The van der Waals surface area contributed by atoms with E-state index in [0.29, 0.717) is 5.56 Å². The van der Waals surface area contributed by atoms with Crippen LogP contribution in [0.4, 0.5) is 17.1 Å². The maximum atomic E-state index is 9.71. The van der Waals surface area contributed by atoms with Crippen molar-refractivity contribution >= 4 is 17.1 Å². The lowest BCUT2D eigenvalue weighted by atomic mass is 9.67. The highest BCUT2D eigenvalue weighted by atomic mass is 15.1. The third-order valence-electron chi connectivity index (χ3n) is 11.0. The fourth-order valence-corrected chi connectivity index (χ4v) is 8.50. The number of hydrogen-bond donors (Lipinski definition) is 0. The van der Waals surface area contributed by atoms with Crippen molar-refractivity contribution < 1.29 is 5.48 Å². The first kappa shape index (κ1) is 29.2. The molecule has 0 saturated heterocycles. The Morgan fingerprint density at radius 1 is 0.339 bits per heavy atom. The van der Waals surface area contributed by atoms with Gasteiger partial charge in [0.05, 0.1) is 16.6 Å². The van der Waals surface area contributed by atoms with Gasteiger partial charge < -0.3 is 4.90 Å². The maximum absolute atomic E-state index is 9.71. The predicted molar refractivity (Wildman–Crippen MR) is 235 cm³/mol. The average molecular weight is 718 g/mol. The molecule has 0 N–H and O–H groups in total. The monoisotopic (exact) mass is 717 g/mol. The van der Waals surface area contributed by atoms with E-state index in [2.05, 4.69) is 146 Å². The molecule has 0 aromatic heterocycles. The third kappa shape index (κ3) is 5.65. The smallest absolute Gasteiger partial charge is 0.0714 e. The van der Waals surface area contributed by atoms with Crippen LogP contribution in [-0.2, 0) is 5.41 Å². The van der Waals surface area contributed by atoms with Crippen molar-refractivity contribution in [1.82, 2.24) is 0 Å². The number of benzene rings is 9. The Balaban J connectivity index is 1.30. The lowest BCUT2D eigenvalue weighted by molar-refractivity contribution is 0.769. The van der Waals surface area contributed by atoms with Crippen LogP contribution in [0.25, 0.3) is 44.5 Å². The van der Waals surface area contributed by atoms with Gasteiger partial charge in [0.25, 0.3) is 0 Å². The van der Waals surface area contributed by atoms with Gasteiger partial charge in [0, 0.05) is 16.9 Å². The van der Waals surface area contributed by atoms with Crippen molar-refractivity contribution in [2.45, 2.75) is 5.41 Å². The van der Waals surface area contributed by atoms with E-state index in [-0.39, 0.29) is 35.4 Å². The zero-order valence-electron chi connectivity index (χ0n) is 34.7. The topological polar surface area (TPSA) is 3.24 Å². The van der Waals surface area contributed by atoms with Crippen LogP contribution in [0.15, 0.2) is 236 Å². The molecule has 9 aromatic rings. The van der Waals surface area contributed by atoms with Gasteiger partial charge in [0.2, 0.25) is 0 Å². The average Bonchev–Trinajstić information content (AvgIpc) is 3.62. The van der Waals surface area contributed by atoms with Crippen LogP contribution in [0.1, 0.15) is 27.7 Å². The van der Waals surface area contributed by atoms with Crippen LogP contribution in [0.3, 0.4) is 0 Å². The van der Waals surface area contributed by atoms with Gasteiger partial charge >= 0.3 is 0 Å². The number of anilines is 3. The standard InChI is InChI=1S/C55H39N/c1-6-17-40(18-7-1)43-29-34-48(35-30-43)56(49-36-31-44(32-37-49)41-19-8-2-9-20-41)53-28-16-27-51-54(53)50-38-33-45(42-21-10-3-11-22-42)39-52(50)55(51,46-23-12-4-13-24-46)47-25-14-5-15-26-47/h1-39H/i29D,30D,34D,35D. The number of fused-ring (bicyclic) bond motifs is 3. The molecule has 1 heteroatoms. The van der Waals surface area contributed by atoms with E-state index in [9.17, 15) is 5.48 Å². The number of nitrogens with zero attached hydrogens (tertiary/aromatic N) is 1. The van der Waals surface area contributed by atoms with Crippen LogP contribution in [0.5, 0.6) is 0 Å². The molecule has 0 heterocycles. The summed E-state index contributed by atoms with van der Waals surface area (Å²) in [6.07, 6.45) is 0. The largest absolute Gasteiger partial charge is 0.310 e. The van der Waals surface area contributed by atoms with E-state index < -0.39 is 5.41 Å². The van der Waals surface area contributed by atoms with Crippen molar-refractivity contribution in [2.75, 3.05) is 4.90 Å². The first-order chi connectivity index (χ1) is 29.5. The van der Waals surface area contributed by atoms with Crippen LogP contribution >= 0.6 is 0 Å². The SMILES string of the molecule is [2H]c1c([2H])c(N(c2ccc(-c3ccccc3)cc2)c2cccc3c2-c2ccc(-c4ccccc4)cc2C3(c2ccccc2)c2ccccc2)c([2H])c([2H])c1-c1ccccc1. The second kappa shape index (κ2) is 14.2. The van der Waals surface area contributed by atoms with Crippen molar-refractivity contribution in [3.8, 4) is 44.5 Å². The van der Waals surface area contributed by atoms with Gasteiger partial charge in [-0.25, -0.2) is 0 Å². The second-order valence-corrected chi connectivity index (χ2v) is 14.1. The van der Waals surface area contributed by atoms with E-state index in [4.69, 9.17) is 0 Å². The van der Waals surface area contributed by atoms with Crippen LogP contribution in [0.2, 0.25) is 0 Å². The molecule has 1 nitrogen and oxygen atoms in total. The summed E-state index contributed by atoms with van der Waals surface area (Å²) >= 11 is 0. The normalized spacial score (nSPS) is 13.4. The van der Waals surface area contributed by atoms with Gasteiger partial charge in [0.15, 0.2) is 0 Å². The summed E-state index contributed by atoms with van der Waals surface area (Å²) in [6, 6.07) is 72.1. The highest BCUT2D eigenvalue weighted by molar-refractivity contribution is 5.98. The molecule has 10 rings (SSSR count). The highest BCUT2D eigenvalue weighted by Gasteiger charge is 2.47. The summed E-state index contributed by atoms with van der Waals surface area (Å²) in [5, 5.41) is 0. The predicted octanol–water partition coefficient (Wildman–Crippen LogP) is 14.5. The summed E-state index contributed by atoms with van der Waals surface area (Å²) in [5.41, 5.74) is 12.6. The van der Waals surface area contributed by atoms with Crippen molar-refractivity contribution in [2.24, 2.45) is 0 Å². The first-order valence-electron chi connectivity index (χ1n) is 21.0. The molecule has 0 amide bonds. The summed E-state index contributed by atoms with van der Waals surface area (Å²) < 4.78 is 38.3. The van der Waals surface area contributed by atoms with E-state index in [0.717, 1.165) is 67.0 Å². The minimum atomic E-state index is -0.733. The molecule has 56 heavy (non-hydrogen) atoms. The van der Waals surface area contributed by atoms with Crippen LogP contribution in [0, 0.1) is 0 Å². The molecular weight excluding hydrogens is 675 g/mol. The van der Waals surface area contributed by atoms with E-state index in [1.165, 1.54) is 0 Å². The Labute approximate surface area is 335 Å². The minimum absolute atomic E-state index is 0.0912. The summed E-state index contributed by atoms with van der Waals surface area (Å²) in [5.74, 6) is 0. The van der Waals surface area contributed by atoms with Crippen LogP contribution < -0.4 is 4.90 Å². The fraction of sp³-hybridized carbons (Fsp3) is 0.0182. The molecule has 0 spiro atoms. The molecule has 264 valence electrons. The molecule has 0 saturated carbocycles. The number of rotatable bonds is 8. The molecule has 1 aliphatic carbocycles. The van der Waals surface area contributed by atoms with Gasteiger partial charge in [-0.05, 0) is 97.5 Å². The van der Waals surface area contributed by atoms with Crippen molar-refractivity contribution in [3.63, 3.8) is 0 Å². The third-order valence-corrected chi connectivity index (χ3v) is 11.0. The van der Waals surface area contributed by atoms with Gasteiger partial charge in [0.1, 0.15) is 0 Å². The zero-order valence-corrected chi connectivity index (χ0v) is 30.7. The quantitative estimate of drug-likeness (QED) is 0.151. The van der Waals surface area contributed by atoms with Crippen molar-refractivity contribution in [1.29, 1.82) is 0 Å². The Morgan fingerprint density at radius 3 is 1.36 bits per heavy atom. The molecule has 0 bridgehead atoms. The second-order valence-electron chi connectivity index (χ2n) is 14.1. The van der Waals surface area contributed by atoms with E-state index in [1.54, 1.807) is 0 Å². The lowest BCUT2D eigenvalue weighted by Crippen LogP contribution is -2.28. The first-order valence-corrected chi connectivity index (χ1v) is 19.0. The maximum Gasteiger partial charge on any atom is 0.0714 e. The molecular formula is C55H39N. The molecule has 0 aliphatic heterocycles. The highest BCUT2D eigenvalue weighted by Crippen LogP contribution is 2.60. The summed E-state index contributed by atoms with van der Waals surface area (Å²) in [6.45, 7) is 0. The number of hydrogen-bond acceptors (Lipinski definition) is 1. The molecule has 0 radical (unpaired) electrons. The Kier molecular flexibility index (Phi) is 7.40. The zero-order chi connectivity index (χ0) is 40.8. The van der Waals surface area contributed by atoms with E-state index in [1.807, 2.05) is 71.6 Å². The van der Waals surface area contributed by atoms with Crippen LogP contribution in [-0.4, -0.2) is 0 Å². The van der Waals surface area contributed by atoms with Crippen molar-refractivity contribution in [3.05, 3.63) is 259 Å². The molecule has 9 aromatic carbocycles. The van der Waals surface area contributed by atoms with Gasteiger partial charge in [-0.1, -0.05) is 200 Å². The Morgan fingerprint density at radius 2 is 0.804 bits per heavy atom. The molecule has 1 aliphatic rings. The summed E-state index contributed by atoms with van der Waals surface area (Å²) in [7, 11) is 0. The van der Waals surface area contributed by atoms with Gasteiger partial charge in [-0.2, -0.15) is 0 Å².